The third-order valence-electron chi connectivity index (χ3n) is 3.44. The zero-order valence-electron chi connectivity index (χ0n) is 12.3. The molecular formula is C15H16N4O4. The maximum absolute atomic E-state index is 12.1. The molecule has 2 N–H and O–H groups in total. The van der Waals surface area contributed by atoms with Gasteiger partial charge in [0.2, 0.25) is 5.91 Å². The highest BCUT2D eigenvalue weighted by atomic mass is 16.3. The van der Waals surface area contributed by atoms with Gasteiger partial charge in [-0.15, -0.1) is 5.10 Å². The van der Waals surface area contributed by atoms with Gasteiger partial charge in [-0.3, -0.25) is 9.20 Å². The predicted octanol–water partition coefficient (Wildman–Crippen LogP) is 0.329. The molecule has 3 rings (SSSR count). The fourth-order valence-corrected chi connectivity index (χ4v) is 2.28. The smallest absolute Gasteiger partial charge is 0.350 e. The van der Waals surface area contributed by atoms with Crippen molar-refractivity contribution in [2.45, 2.75) is 19.0 Å². The number of aryl methyl sites for hydroxylation is 1. The van der Waals surface area contributed by atoms with Gasteiger partial charge in [0.15, 0.2) is 5.65 Å². The van der Waals surface area contributed by atoms with E-state index in [0.29, 0.717) is 11.4 Å². The van der Waals surface area contributed by atoms with Crippen LogP contribution in [0.3, 0.4) is 0 Å². The van der Waals surface area contributed by atoms with Crippen molar-refractivity contribution in [3.8, 4) is 0 Å². The van der Waals surface area contributed by atoms with Gasteiger partial charge >= 0.3 is 5.69 Å². The van der Waals surface area contributed by atoms with Crippen molar-refractivity contribution in [3.63, 3.8) is 0 Å². The average molecular weight is 316 g/mol. The summed E-state index contributed by atoms with van der Waals surface area (Å²) < 4.78 is 7.82. The van der Waals surface area contributed by atoms with E-state index in [-0.39, 0.29) is 31.2 Å². The van der Waals surface area contributed by atoms with Crippen molar-refractivity contribution in [2.24, 2.45) is 0 Å². The number of rotatable bonds is 6. The fourth-order valence-electron chi connectivity index (χ4n) is 2.28. The molecule has 0 saturated carbocycles. The third kappa shape index (κ3) is 3.16. The summed E-state index contributed by atoms with van der Waals surface area (Å²) in [5.74, 6) is 0.176. The van der Waals surface area contributed by atoms with Gasteiger partial charge in [0, 0.05) is 12.6 Å². The maximum Gasteiger partial charge on any atom is 0.350 e. The molecule has 0 radical (unpaired) electrons. The molecule has 0 aliphatic carbocycles. The minimum Gasteiger partial charge on any atom is -0.467 e. The first-order chi connectivity index (χ1) is 11.2. The van der Waals surface area contributed by atoms with E-state index in [1.54, 1.807) is 36.5 Å². The van der Waals surface area contributed by atoms with Crippen molar-refractivity contribution in [2.75, 3.05) is 6.61 Å². The number of nitrogens with one attached hydrogen (secondary N) is 1. The van der Waals surface area contributed by atoms with Gasteiger partial charge in [-0.05, 0) is 24.3 Å². The lowest BCUT2D eigenvalue weighted by atomic mass is 10.2. The molecule has 0 fully saturated rings. The quantitative estimate of drug-likeness (QED) is 0.682. The number of carbonyl (C=O) groups excluding carboxylic acids is 1. The summed E-state index contributed by atoms with van der Waals surface area (Å²) in [6.07, 6.45) is 3.17. The van der Waals surface area contributed by atoms with Gasteiger partial charge in [0.05, 0.1) is 19.4 Å². The van der Waals surface area contributed by atoms with Crippen LogP contribution < -0.4 is 11.0 Å². The standard InChI is InChI=1S/C15H16N4O4/c20-10-11(12-4-3-9-23-12)16-14(21)6-8-19-15(22)18-7-2-1-5-13(18)17-19/h1-5,7,9,11,20H,6,8,10H2,(H,16,21). The Labute approximate surface area is 131 Å². The fraction of sp³-hybridized carbons (Fsp3) is 0.267. The molecule has 0 aromatic carbocycles. The van der Waals surface area contributed by atoms with Crippen LogP contribution in [0.5, 0.6) is 0 Å². The lowest BCUT2D eigenvalue weighted by molar-refractivity contribution is -0.122. The average Bonchev–Trinajstić information content (AvgIpc) is 3.20. The number of pyridine rings is 1. The second kappa shape index (κ2) is 6.49. The molecule has 120 valence electrons. The molecule has 1 atom stereocenters. The SMILES string of the molecule is O=C(CCn1nc2ccccn2c1=O)NC(CO)c1ccco1. The number of nitrogens with zero attached hydrogens (tertiary/aromatic N) is 3. The first-order valence-electron chi connectivity index (χ1n) is 7.17. The Morgan fingerprint density at radius 1 is 1.35 bits per heavy atom. The number of aliphatic hydroxyl groups excluding tert-OH is 1. The summed E-state index contributed by atoms with van der Waals surface area (Å²) in [6.45, 7) is -0.115. The highest BCUT2D eigenvalue weighted by Gasteiger charge is 2.16. The van der Waals surface area contributed by atoms with Crippen LogP contribution in [-0.2, 0) is 11.3 Å². The molecule has 0 saturated heterocycles. The van der Waals surface area contributed by atoms with Gasteiger partial charge < -0.3 is 14.8 Å². The van der Waals surface area contributed by atoms with E-state index >= 15 is 0 Å². The monoisotopic (exact) mass is 316 g/mol. The minimum atomic E-state index is -0.602. The molecule has 1 amide bonds. The van der Waals surface area contributed by atoms with Crippen molar-refractivity contribution >= 4 is 11.6 Å². The zero-order chi connectivity index (χ0) is 16.2. The van der Waals surface area contributed by atoms with Crippen molar-refractivity contribution in [1.82, 2.24) is 19.5 Å². The van der Waals surface area contributed by atoms with Crippen molar-refractivity contribution in [3.05, 3.63) is 59.0 Å². The second-order valence-electron chi connectivity index (χ2n) is 5.00. The molecule has 0 aliphatic rings. The summed E-state index contributed by atoms with van der Waals surface area (Å²) in [5.41, 5.74) is 0.236. The number of furan rings is 1. The number of aromatic nitrogens is 3. The summed E-state index contributed by atoms with van der Waals surface area (Å²) >= 11 is 0. The molecule has 3 aromatic heterocycles. The van der Waals surface area contributed by atoms with Crippen molar-refractivity contribution in [1.29, 1.82) is 0 Å². The van der Waals surface area contributed by atoms with Crippen molar-refractivity contribution < 1.29 is 14.3 Å². The molecule has 0 aliphatic heterocycles. The topological polar surface area (TPSA) is 102 Å². The minimum absolute atomic E-state index is 0.0704. The molecule has 23 heavy (non-hydrogen) atoms. The van der Waals surface area contributed by atoms with Gasteiger partial charge in [0.1, 0.15) is 11.8 Å². The number of fused-ring (bicyclic) bond motifs is 1. The van der Waals surface area contributed by atoms with Crippen LogP contribution in [-0.4, -0.2) is 31.8 Å². The number of carbonyl (C=O) groups is 1. The molecule has 1 unspecified atom stereocenters. The van der Waals surface area contributed by atoms with Crippen LogP contribution in [0.25, 0.3) is 5.65 Å². The predicted molar refractivity (Wildman–Crippen MR) is 80.7 cm³/mol. The highest BCUT2D eigenvalue weighted by molar-refractivity contribution is 5.76. The van der Waals surface area contributed by atoms with Gasteiger partial charge in [-0.1, -0.05) is 6.07 Å². The Morgan fingerprint density at radius 2 is 2.22 bits per heavy atom. The van der Waals surface area contributed by atoms with E-state index in [1.165, 1.54) is 15.3 Å². The highest BCUT2D eigenvalue weighted by Crippen LogP contribution is 2.12. The van der Waals surface area contributed by atoms with Crippen LogP contribution in [0.4, 0.5) is 0 Å². The van der Waals surface area contributed by atoms with Crippen LogP contribution >= 0.6 is 0 Å². The summed E-state index contributed by atoms with van der Waals surface area (Å²) in [7, 11) is 0. The largest absolute Gasteiger partial charge is 0.467 e. The molecule has 8 nitrogen and oxygen atoms in total. The van der Waals surface area contributed by atoms with Crippen LogP contribution in [0.15, 0.2) is 52.0 Å². The molecule has 0 spiro atoms. The van der Waals surface area contributed by atoms with E-state index in [1.807, 2.05) is 0 Å². The molecule has 3 heterocycles. The third-order valence-corrected chi connectivity index (χ3v) is 3.44. The van der Waals surface area contributed by atoms with Crippen LogP contribution in [0, 0.1) is 0 Å². The Kier molecular flexibility index (Phi) is 4.24. The lowest BCUT2D eigenvalue weighted by Crippen LogP contribution is -2.32. The first kappa shape index (κ1) is 15.0. The Hall–Kier alpha value is -2.87. The van der Waals surface area contributed by atoms with Gasteiger partial charge in [0.25, 0.3) is 0 Å². The summed E-state index contributed by atoms with van der Waals surface area (Å²) in [5, 5.41) is 16.1. The molecular weight excluding hydrogens is 300 g/mol. The van der Waals surface area contributed by atoms with E-state index in [0.717, 1.165) is 0 Å². The Balaban J connectivity index is 1.64. The van der Waals surface area contributed by atoms with Gasteiger partial charge in [-0.25, -0.2) is 9.48 Å². The van der Waals surface area contributed by atoms with E-state index in [9.17, 15) is 14.7 Å². The maximum atomic E-state index is 12.1. The van der Waals surface area contributed by atoms with Crippen LogP contribution in [0.2, 0.25) is 0 Å². The summed E-state index contributed by atoms with van der Waals surface area (Å²) in [6, 6.07) is 8.00. The second-order valence-corrected chi connectivity index (χ2v) is 5.00. The normalized spacial score (nSPS) is 12.4. The Morgan fingerprint density at radius 3 is 2.91 bits per heavy atom. The summed E-state index contributed by atoms with van der Waals surface area (Å²) in [4.78, 5) is 24.1. The number of hydrogen-bond acceptors (Lipinski definition) is 5. The van der Waals surface area contributed by atoms with Gasteiger partial charge in [-0.2, -0.15) is 0 Å². The number of hydrogen-bond donors (Lipinski definition) is 2. The number of aliphatic hydroxyl groups is 1. The van der Waals surface area contributed by atoms with E-state index < -0.39 is 6.04 Å². The molecule has 3 aromatic rings. The Bertz CT molecular complexity index is 850. The molecule has 8 heteroatoms. The zero-order valence-corrected chi connectivity index (χ0v) is 12.3. The lowest BCUT2D eigenvalue weighted by Gasteiger charge is -2.13. The van der Waals surface area contributed by atoms with Crippen LogP contribution in [0.1, 0.15) is 18.2 Å². The van der Waals surface area contributed by atoms with E-state index in [2.05, 4.69) is 10.4 Å². The molecule has 0 bridgehead atoms. The first-order valence-corrected chi connectivity index (χ1v) is 7.17. The number of amides is 1. The van der Waals surface area contributed by atoms with E-state index in [4.69, 9.17) is 4.42 Å².